The van der Waals surface area contributed by atoms with Gasteiger partial charge in [0, 0.05) is 13.6 Å². The molecular formula is C8H17F4N3O2S. The van der Waals surface area contributed by atoms with Crippen LogP contribution in [0.5, 0.6) is 0 Å². The molecule has 0 radical (unpaired) electrons. The summed E-state index contributed by atoms with van der Waals surface area (Å²) < 4.78 is 73.8. The van der Waals surface area contributed by atoms with E-state index in [9.17, 15) is 26.0 Å². The van der Waals surface area contributed by atoms with Gasteiger partial charge in [-0.15, -0.1) is 0 Å². The van der Waals surface area contributed by atoms with Crippen molar-refractivity contribution in [3.05, 3.63) is 0 Å². The first-order chi connectivity index (χ1) is 8.13. The summed E-state index contributed by atoms with van der Waals surface area (Å²) >= 11 is 0. The summed E-state index contributed by atoms with van der Waals surface area (Å²) in [4.78, 5) is 0. The van der Waals surface area contributed by atoms with Crippen LogP contribution < -0.4 is 10.0 Å². The molecule has 5 nitrogen and oxygen atoms in total. The summed E-state index contributed by atoms with van der Waals surface area (Å²) in [7, 11) is -1.31. The Morgan fingerprint density at radius 3 is 2.33 bits per heavy atom. The standard InChI is InChI=1S/C8H17F4N3O2S/c1-13-4-3-5-15(2)18(16,17)14-6-8(11,12)7(9)10/h7,13-14H,3-6H2,1-2H3. The van der Waals surface area contributed by atoms with Crippen molar-refractivity contribution in [3.8, 4) is 0 Å². The molecule has 0 saturated heterocycles. The molecular weight excluding hydrogens is 278 g/mol. The first-order valence-electron chi connectivity index (χ1n) is 5.15. The summed E-state index contributed by atoms with van der Waals surface area (Å²) in [6.45, 7) is -0.979. The van der Waals surface area contributed by atoms with Gasteiger partial charge in [0.25, 0.3) is 10.2 Å². The van der Waals surface area contributed by atoms with Crippen LogP contribution >= 0.6 is 0 Å². The minimum atomic E-state index is -4.38. The van der Waals surface area contributed by atoms with Gasteiger partial charge in [-0.2, -0.15) is 26.2 Å². The van der Waals surface area contributed by atoms with E-state index in [1.807, 2.05) is 0 Å². The Kier molecular flexibility index (Phi) is 7.04. The average molecular weight is 295 g/mol. The number of halogens is 4. The van der Waals surface area contributed by atoms with Gasteiger partial charge < -0.3 is 5.32 Å². The fourth-order valence-corrected chi connectivity index (χ4v) is 1.94. The van der Waals surface area contributed by atoms with Crippen LogP contribution in [0.4, 0.5) is 17.6 Å². The Morgan fingerprint density at radius 2 is 1.89 bits per heavy atom. The fourth-order valence-electron chi connectivity index (χ4n) is 0.973. The molecule has 2 N–H and O–H groups in total. The molecule has 10 heteroatoms. The molecule has 0 unspecified atom stereocenters. The maximum atomic E-state index is 12.5. The second kappa shape index (κ2) is 7.22. The van der Waals surface area contributed by atoms with Gasteiger partial charge in [-0.05, 0) is 20.0 Å². The topological polar surface area (TPSA) is 61.4 Å². The minimum Gasteiger partial charge on any atom is -0.320 e. The van der Waals surface area contributed by atoms with Gasteiger partial charge in [0.05, 0.1) is 6.54 Å². The third-order valence-electron chi connectivity index (χ3n) is 2.12. The first-order valence-corrected chi connectivity index (χ1v) is 6.59. The molecule has 110 valence electrons. The van der Waals surface area contributed by atoms with Gasteiger partial charge in [0.1, 0.15) is 0 Å². The number of alkyl halides is 4. The molecule has 0 amide bonds. The van der Waals surface area contributed by atoms with Crippen molar-refractivity contribution in [2.24, 2.45) is 0 Å². The largest absolute Gasteiger partial charge is 0.320 e. The van der Waals surface area contributed by atoms with Crippen molar-refractivity contribution < 1.29 is 26.0 Å². The average Bonchev–Trinajstić information content (AvgIpc) is 2.26. The number of hydrogen-bond donors (Lipinski definition) is 2. The summed E-state index contributed by atoms with van der Waals surface area (Å²) in [5, 5.41) is 2.78. The van der Waals surface area contributed by atoms with Crippen molar-refractivity contribution in [1.82, 2.24) is 14.3 Å². The second-order valence-corrected chi connectivity index (χ2v) is 5.53. The van der Waals surface area contributed by atoms with E-state index in [-0.39, 0.29) is 6.54 Å². The molecule has 0 saturated carbocycles. The summed E-state index contributed by atoms with van der Waals surface area (Å²) in [5.74, 6) is -4.38. The summed E-state index contributed by atoms with van der Waals surface area (Å²) in [6, 6.07) is 0. The van der Waals surface area contributed by atoms with E-state index in [0.717, 1.165) is 4.31 Å². The SMILES string of the molecule is CNCCCN(C)S(=O)(=O)NCC(F)(F)C(F)F. The Bertz CT molecular complexity index is 337. The minimum absolute atomic E-state index is 0.0937. The third-order valence-corrected chi connectivity index (χ3v) is 3.63. The zero-order chi connectivity index (χ0) is 14.4. The smallest absolute Gasteiger partial charge is 0.320 e. The highest BCUT2D eigenvalue weighted by atomic mass is 32.2. The van der Waals surface area contributed by atoms with Crippen LogP contribution in [0.15, 0.2) is 0 Å². The Labute approximate surface area is 104 Å². The fraction of sp³-hybridized carbons (Fsp3) is 1.00. The summed E-state index contributed by atoms with van der Waals surface area (Å²) in [5.41, 5.74) is 0. The lowest BCUT2D eigenvalue weighted by molar-refractivity contribution is -0.122. The lowest BCUT2D eigenvalue weighted by atomic mass is 10.4. The lowest BCUT2D eigenvalue weighted by Crippen LogP contribution is -2.46. The zero-order valence-electron chi connectivity index (χ0n) is 10.1. The van der Waals surface area contributed by atoms with Crippen molar-refractivity contribution in [1.29, 1.82) is 0 Å². The van der Waals surface area contributed by atoms with Crippen LogP contribution in [0.3, 0.4) is 0 Å². The molecule has 0 bridgehead atoms. The third kappa shape index (κ3) is 5.94. The van der Waals surface area contributed by atoms with Crippen LogP contribution in [0, 0.1) is 0 Å². The quantitative estimate of drug-likeness (QED) is 0.474. The number of rotatable bonds is 9. The van der Waals surface area contributed by atoms with E-state index in [1.165, 1.54) is 11.8 Å². The van der Waals surface area contributed by atoms with Gasteiger partial charge in [-0.1, -0.05) is 0 Å². The van der Waals surface area contributed by atoms with E-state index >= 15 is 0 Å². The molecule has 0 atom stereocenters. The van der Waals surface area contributed by atoms with E-state index in [1.54, 1.807) is 7.05 Å². The van der Waals surface area contributed by atoms with Gasteiger partial charge in [0.2, 0.25) is 0 Å². The maximum absolute atomic E-state index is 12.5. The van der Waals surface area contributed by atoms with Gasteiger partial charge in [0.15, 0.2) is 0 Å². The highest BCUT2D eigenvalue weighted by Crippen LogP contribution is 2.21. The Morgan fingerprint density at radius 1 is 1.33 bits per heavy atom. The van der Waals surface area contributed by atoms with Crippen LogP contribution in [0.25, 0.3) is 0 Å². The highest BCUT2D eigenvalue weighted by Gasteiger charge is 2.41. The van der Waals surface area contributed by atoms with Crippen molar-refractivity contribution in [2.45, 2.75) is 18.8 Å². The molecule has 0 rings (SSSR count). The van der Waals surface area contributed by atoms with Crippen molar-refractivity contribution in [2.75, 3.05) is 33.7 Å². The number of hydrogen-bond acceptors (Lipinski definition) is 3. The molecule has 0 aliphatic carbocycles. The van der Waals surface area contributed by atoms with E-state index < -0.39 is 29.1 Å². The summed E-state index contributed by atoms with van der Waals surface area (Å²) in [6.07, 6.45) is -3.44. The molecule has 0 aromatic carbocycles. The molecule has 0 aromatic heterocycles. The molecule has 0 heterocycles. The molecule has 18 heavy (non-hydrogen) atoms. The van der Waals surface area contributed by atoms with Gasteiger partial charge in [-0.25, -0.2) is 8.78 Å². The monoisotopic (exact) mass is 295 g/mol. The zero-order valence-corrected chi connectivity index (χ0v) is 10.9. The number of nitrogens with one attached hydrogen (secondary N) is 2. The predicted octanol–water partition coefficient (Wildman–Crippen LogP) is 0.263. The van der Waals surface area contributed by atoms with E-state index in [2.05, 4.69) is 5.32 Å². The van der Waals surface area contributed by atoms with Crippen LogP contribution in [-0.2, 0) is 10.2 Å². The van der Waals surface area contributed by atoms with Crippen LogP contribution in [0.1, 0.15) is 6.42 Å². The van der Waals surface area contributed by atoms with Crippen LogP contribution in [-0.4, -0.2) is 58.8 Å². The molecule has 0 aromatic rings. The Balaban J connectivity index is 4.31. The number of nitrogens with zero attached hydrogens (tertiary/aromatic N) is 1. The van der Waals surface area contributed by atoms with Gasteiger partial charge >= 0.3 is 12.3 Å². The van der Waals surface area contributed by atoms with E-state index in [0.29, 0.717) is 13.0 Å². The Hall–Kier alpha value is -0.450. The molecule has 0 fully saturated rings. The molecule has 0 spiro atoms. The van der Waals surface area contributed by atoms with E-state index in [4.69, 9.17) is 0 Å². The predicted molar refractivity (Wildman–Crippen MR) is 59.0 cm³/mol. The maximum Gasteiger partial charge on any atom is 0.320 e. The van der Waals surface area contributed by atoms with Crippen molar-refractivity contribution in [3.63, 3.8) is 0 Å². The molecule has 0 aliphatic rings. The highest BCUT2D eigenvalue weighted by molar-refractivity contribution is 7.87. The van der Waals surface area contributed by atoms with Gasteiger partial charge in [-0.3, -0.25) is 0 Å². The molecule has 0 aliphatic heterocycles. The lowest BCUT2D eigenvalue weighted by Gasteiger charge is -2.20. The second-order valence-electron chi connectivity index (χ2n) is 3.67. The van der Waals surface area contributed by atoms with Crippen molar-refractivity contribution >= 4 is 10.2 Å². The van der Waals surface area contributed by atoms with Crippen LogP contribution in [0.2, 0.25) is 0 Å². The first kappa shape index (κ1) is 17.6. The normalized spacial score (nSPS) is 13.6.